The van der Waals surface area contributed by atoms with E-state index in [-0.39, 0.29) is 36.0 Å². The van der Waals surface area contributed by atoms with Crippen LogP contribution in [0.15, 0.2) is 28.7 Å². The Morgan fingerprint density at radius 3 is 2.15 bits per heavy atom. The number of hydrogen-bond donors (Lipinski definition) is 0. The van der Waals surface area contributed by atoms with E-state index in [4.69, 9.17) is 0 Å². The Morgan fingerprint density at radius 2 is 1.58 bits per heavy atom. The van der Waals surface area contributed by atoms with E-state index in [1.165, 1.54) is 0 Å². The first-order valence-electron chi connectivity index (χ1n) is 9.16. The number of carbonyl (C=O) groups excluding carboxylic acids is 3. The van der Waals surface area contributed by atoms with Gasteiger partial charge < -0.3 is 14.7 Å². The summed E-state index contributed by atoms with van der Waals surface area (Å²) in [5.74, 6) is 0.197. The van der Waals surface area contributed by atoms with Crippen LogP contribution in [-0.4, -0.2) is 60.2 Å². The first-order valence-corrected chi connectivity index (χ1v) is 9.96. The van der Waals surface area contributed by atoms with Gasteiger partial charge in [0.1, 0.15) is 0 Å². The van der Waals surface area contributed by atoms with Crippen molar-refractivity contribution in [3.63, 3.8) is 0 Å². The van der Waals surface area contributed by atoms with E-state index in [1.54, 1.807) is 4.90 Å². The minimum Gasteiger partial charge on any atom is -0.339 e. The van der Waals surface area contributed by atoms with Crippen molar-refractivity contribution in [1.82, 2.24) is 9.80 Å². The van der Waals surface area contributed by atoms with Gasteiger partial charge in [0.15, 0.2) is 0 Å². The van der Waals surface area contributed by atoms with Crippen molar-refractivity contribution < 1.29 is 14.4 Å². The Morgan fingerprint density at radius 1 is 0.962 bits per heavy atom. The largest absolute Gasteiger partial charge is 0.339 e. The van der Waals surface area contributed by atoms with Crippen LogP contribution < -0.4 is 4.90 Å². The van der Waals surface area contributed by atoms with E-state index in [0.717, 1.165) is 23.0 Å². The molecule has 0 spiro atoms. The zero-order valence-corrected chi connectivity index (χ0v) is 16.2. The number of nitrogens with zero attached hydrogens (tertiary/aromatic N) is 3. The van der Waals surface area contributed by atoms with Crippen LogP contribution in [0.2, 0.25) is 0 Å². The summed E-state index contributed by atoms with van der Waals surface area (Å²) in [6, 6.07) is 7.58. The third-order valence-electron chi connectivity index (χ3n) is 5.42. The molecule has 3 fully saturated rings. The molecule has 1 aliphatic carbocycles. The number of amides is 3. The normalized spacial score (nSPS) is 23.5. The highest BCUT2D eigenvalue weighted by Crippen LogP contribution is 2.32. The molecule has 0 radical (unpaired) electrons. The van der Waals surface area contributed by atoms with Crippen LogP contribution in [0.5, 0.6) is 0 Å². The maximum atomic E-state index is 12.8. The molecular weight excluding hydrogens is 398 g/mol. The van der Waals surface area contributed by atoms with Gasteiger partial charge in [-0.2, -0.15) is 0 Å². The number of benzene rings is 1. The number of piperazine rings is 1. The molecule has 0 aromatic heterocycles. The Hall–Kier alpha value is -1.89. The van der Waals surface area contributed by atoms with E-state index in [2.05, 4.69) is 15.9 Å². The van der Waals surface area contributed by atoms with E-state index in [1.807, 2.05) is 34.1 Å². The zero-order valence-electron chi connectivity index (χ0n) is 14.6. The lowest BCUT2D eigenvalue weighted by atomic mass is 10.1. The highest BCUT2D eigenvalue weighted by molar-refractivity contribution is 9.10. The summed E-state index contributed by atoms with van der Waals surface area (Å²) in [4.78, 5) is 42.8. The summed E-state index contributed by atoms with van der Waals surface area (Å²) in [7, 11) is 0. The predicted octanol–water partition coefficient (Wildman–Crippen LogP) is 1.88. The van der Waals surface area contributed by atoms with Crippen LogP contribution in [0.4, 0.5) is 5.69 Å². The van der Waals surface area contributed by atoms with Crippen molar-refractivity contribution in [2.24, 2.45) is 11.8 Å². The van der Waals surface area contributed by atoms with E-state index in [9.17, 15) is 14.4 Å². The van der Waals surface area contributed by atoms with Crippen LogP contribution >= 0.6 is 15.9 Å². The quantitative estimate of drug-likeness (QED) is 0.751. The maximum absolute atomic E-state index is 12.8. The standard InChI is InChI=1S/C19H22BrN3O3/c20-15-2-1-3-16(11-15)23-12-14(10-17(23)24)19(26)22-8-6-21(7-9-22)18(25)13-4-5-13/h1-3,11,13-14H,4-10,12H2/t14-/m1/s1. The molecule has 6 nitrogen and oxygen atoms in total. The molecule has 3 aliphatic rings. The van der Waals surface area contributed by atoms with Crippen LogP contribution in [0, 0.1) is 11.8 Å². The van der Waals surface area contributed by atoms with Gasteiger partial charge >= 0.3 is 0 Å². The molecule has 1 aromatic carbocycles. The fourth-order valence-corrected chi connectivity index (χ4v) is 4.15. The number of halogens is 1. The second kappa shape index (κ2) is 7.02. The van der Waals surface area contributed by atoms with Gasteiger partial charge in [-0.3, -0.25) is 14.4 Å². The van der Waals surface area contributed by atoms with Crippen LogP contribution in [0.1, 0.15) is 19.3 Å². The molecule has 1 saturated carbocycles. The van der Waals surface area contributed by atoms with Crippen molar-refractivity contribution in [1.29, 1.82) is 0 Å². The van der Waals surface area contributed by atoms with E-state index < -0.39 is 0 Å². The van der Waals surface area contributed by atoms with Gasteiger partial charge in [0, 0.05) is 55.2 Å². The second-order valence-electron chi connectivity index (χ2n) is 7.31. The van der Waals surface area contributed by atoms with E-state index >= 15 is 0 Å². The lowest BCUT2D eigenvalue weighted by molar-refractivity contribution is -0.142. The van der Waals surface area contributed by atoms with Gasteiger partial charge in [0.2, 0.25) is 17.7 Å². The molecule has 1 atom stereocenters. The molecule has 7 heteroatoms. The first kappa shape index (κ1) is 17.5. The second-order valence-corrected chi connectivity index (χ2v) is 8.23. The summed E-state index contributed by atoms with van der Waals surface area (Å²) in [5, 5.41) is 0. The fourth-order valence-electron chi connectivity index (χ4n) is 3.76. The Balaban J connectivity index is 1.35. The lowest BCUT2D eigenvalue weighted by Crippen LogP contribution is -2.52. The lowest BCUT2D eigenvalue weighted by Gasteiger charge is -2.36. The fraction of sp³-hybridized carbons (Fsp3) is 0.526. The summed E-state index contributed by atoms with van der Waals surface area (Å²) < 4.78 is 0.911. The average Bonchev–Trinajstić information content (AvgIpc) is 3.42. The summed E-state index contributed by atoms with van der Waals surface area (Å²) in [6.07, 6.45) is 2.27. The summed E-state index contributed by atoms with van der Waals surface area (Å²) in [6.45, 7) is 2.78. The van der Waals surface area contributed by atoms with Gasteiger partial charge in [-0.05, 0) is 31.0 Å². The van der Waals surface area contributed by atoms with Gasteiger partial charge in [0.25, 0.3) is 0 Å². The molecule has 3 amide bonds. The highest BCUT2D eigenvalue weighted by atomic mass is 79.9. The number of hydrogen-bond acceptors (Lipinski definition) is 3. The third kappa shape index (κ3) is 3.49. The topological polar surface area (TPSA) is 60.9 Å². The number of anilines is 1. The predicted molar refractivity (Wildman–Crippen MR) is 100 cm³/mol. The number of carbonyl (C=O) groups is 3. The first-order chi connectivity index (χ1) is 12.5. The molecule has 0 bridgehead atoms. The van der Waals surface area contributed by atoms with Crippen LogP contribution in [0.25, 0.3) is 0 Å². The zero-order chi connectivity index (χ0) is 18.3. The molecule has 2 heterocycles. The molecule has 1 aromatic rings. The van der Waals surface area contributed by atoms with Crippen molar-refractivity contribution in [2.45, 2.75) is 19.3 Å². The Labute approximate surface area is 161 Å². The SMILES string of the molecule is O=C(C1CC1)N1CCN(C(=O)[C@@H]2CC(=O)N(c3cccc(Br)c3)C2)CC1. The third-order valence-corrected chi connectivity index (χ3v) is 5.92. The van der Waals surface area contributed by atoms with Crippen molar-refractivity contribution in [3.8, 4) is 0 Å². The van der Waals surface area contributed by atoms with Gasteiger partial charge in [-0.25, -0.2) is 0 Å². The minimum atomic E-state index is -0.299. The van der Waals surface area contributed by atoms with Gasteiger partial charge in [-0.15, -0.1) is 0 Å². The molecule has 0 N–H and O–H groups in total. The summed E-state index contributed by atoms with van der Waals surface area (Å²) in [5.41, 5.74) is 0.819. The highest BCUT2D eigenvalue weighted by Gasteiger charge is 2.39. The Kier molecular flexibility index (Phi) is 4.73. The monoisotopic (exact) mass is 419 g/mol. The smallest absolute Gasteiger partial charge is 0.228 e. The molecule has 26 heavy (non-hydrogen) atoms. The van der Waals surface area contributed by atoms with Crippen molar-refractivity contribution in [2.75, 3.05) is 37.6 Å². The summed E-state index contributed by atoms with van der Waals surface area (Å²) >= 11 is 3.42. The van der Waals surface area contributed by atoms with E-state index in [0.29, 0.717) is 32.7 Å². The maximum Gasteiger partial charge on any atom is 0.228 e. The molecule has 138 valence electrons. The van der Waals surface area contributed by atoms with Crippen LogP contribution in [0.3, 0.4) is 0 Å². The van der Waals surface area contributed by atoms with Crippen molar-refractivity contribution in [3.05, 3.63) is 28.7 Å². The minimum absolute atomic E-state index is 0.0102. The Bertz CT molecular complexity index is 741. The molecule has 2 aliphatic heterocycles. The van der Waals surface area contributed by atoms with Crippen molar-refractivity contribution >= 4 is 39.3 Å². The number of rotatable bonds is 3. The molecular formula is C19H22BrN3O3. The van der Waals surface area contributed by atoms with Gasteiger partial charge in [0.05, 0.1) is 5.92 Å². The average molecular weight is 420 g/mol. The van der Waals surface area contributed by atoms with Gasteiger partial charge in [-0.1, -0.05) is 22.0 Å². The molecule has 4 rings (SSSR count). The van der Waals surface area contributed by atoms with Crippen LogP contribution in [-0.2, 0) is 14.4 Å². The molecule has 2 saturated heterocycles. The molecule has 0 unspecified atom stereocenters.